The van der Waals surface area contributed by atoms with Crippen LogP contribution in [0, 0.1) is 0 Å². The van der Waals surface area contributed by atoms with Crippen LogP contribution in [0.3, 0.4) is 0 Å². The van der Waals surface area contributed by atoms with Gasteiger partial charge >= 0.3 is 5.97 Å². The summed E-state index contributed by atoms with van der Waals surface area (Å²) in [4.78, 5) is 11.0. The van der Waals surface area contributed by atoms with E-state index in [0.29, 0.717) is 6.42 Å². The van der Waals surface area contributed by atoms with Gasteiger partial charge in [0.2, 0.25) is 0 Å². The van der Waals surface area contributed by atoms with Crippen molar-refractivity contribution in [2.24, 2.45) is 0 Å². The van der Waals surface area contributed by atoms with Crippen LogP contribution >= 0.6 is 0 Å². The van der Waals surface area contributed by atoms with E-state index in [0.717, 1.165) is 0 Å². The predicted octanol–water partition coefficient (Wildman–Crippen LogP) is -0.146. The van der Waals surface area contributed by atoms with Gasteiger partial charge in [0.25, 0.3) is 0 Å². The summed E-state index contributed by atoms with van der Waals surface area (Å²) in [5, 5.41) is 58.6. The molecular formula is C18H36O8. The smallest absolute Gasteiger partial charge is 0.302 e. The van der Waals surface area contributed by atoms with E-state index in [4.69, 9.17) is 4.74 Å². The summed E-state index contributed by atoms with van der Waals surface area (Å²) in [6.45, 7) is 4.66. The highest BCUT2D eigenvalue weighted by molar-refractivity contribution is 5.66. The summed E-state index contributed by atoms with van der Waals surface area (Å²) in [6.07, 6.45) is -4.83. The van der Waals surface area contributed by atoms with Gasteiger partial charge in [0, 0.05) is 13.3 Å². The summed E-state index contributed by atoms with van der Waals surface area (Å²) in [5.74, 6) is -0.424. The minimum absolute atomic E-state index is 0.0188. The third-order valence-corrected chi connectivity index (χ3v) is 4.11. The van der Waals surface area contributed by atoms with Crippen molar-refractivity contribution < 1.29 is 40.2 Å². The maximum absolute atomic E-state index is 11.0. The van der Waals surface area contributed by atoms with Crippen LogP contribution in [-0.2, 0) is 9.53 Å². The van der Waals surface area contributed by atoms with E-state index in [-0.39, 0.29) is 38.5 Å². The Hall–Kier alpha value is -0.770. The number of carbonyl (C=O) groups excluding carboxylic acids is 1. The van der Waals surface area contributed by atoms with Crippen LogP contribution < -0.4 is 0 Å². The molecule has 8 heteroatoms. The molecule has 7 atom stereocenters. The van der Waals surface area contributed by atoms with E-state index in [1.165, 1.54) is 13.8 Å². The highest BCUT2D eigenvalue weighted by Gasteiger charge is 2.22. The van der Waals surface area contributed by atoms with Crippen molar-refractivity contribution in [3.63, 3.8) is 0 Å². The molecule has 0 aromatic carbocycles. The Morgan fingerprint density at radius 2 is 1.08 bits per heavy atom. The zero-order chi connectivity index (χ0) is 20.3. The van der Waals surface area contributed by atoms with Gasteiger partial charge in [-0.3, -0.25) is 4.79 Å². The highest BCUT2D eigenvalue weighted by Crippen LogP contribution is 2.17. The molecule has 156 valence electrons. The topological polar surface area (TPSA) is 148 Å². The fourth-order valence-corrected chi connectivity index (χ4v) is 2.97. The Bertz CT molecular complexity index is 376. The molecule has 0 amide bonds. The zero-order valence-electron chi connectivity index (χ0n) is 16.0. The maximum Gasteiger partial charge on any atom is 0.302 e. The summed E-state index contributed by atoms with van der Waals surface area (Å²) in [6, 6.07) is 0. The molecule has 0 saturated carbocycles. The van der Waals surface area contributed by atoms with E-state index in [1.807, 2.05) is 6.92 Å². The number of carbonyl (C=O) groups is 1. The van der Waals surface area contributed by atoms with Gasteiger partial charge in [0.15, 0.2) is 0 Å². The van der Waals surface area contributed by atoms with Gasteiger partial charge in [-0.25, -0.2) is 0 Å². The molecule has 0 saturated heterocycles. The van der Waals surface area contributed by atoms with Crippen LogP contribution in [0.25, 0.3) is 0 Å². The number of esters is 1. The Kier molecular flexibility index (Phi) is 13.0. The minimum Gasteiger partial charge on any atom is -0.462 e. The van der Waals surface area contributed by atoms with Crippen molar-refractivity contribution in [1.82, 2.24) is 0 Å². The molecule has 0 aliphatic carbocycles. The lowest BCUT2D eigenvalue weighted by Crippen LogP contribution is -2.29. The number of rotatable bonds is 14. The molecule has 0 fully saturated rings. The van der Waals surface area contributed by atoms with Gasteiger partial charge in [0.05, 0.1) is 36.6 Å². The maximum atomic E-state index is 11.0. The van der Waals surface area contributed by atoms with E-state index >= 15 is 0 Å². The van der Waals surface area contributed by atoms with Gasteiger partial charge in [-0.05, 0) is 45.4 Å². The molecule has 8 nitrogen and oxygen atoms in total. The third kappa shape index (κ3) is 13.4. The molecule has 0 aromatic rings. The number of aliphatic hydroxyl groups excluding tert-OH is 6. The van der Waals surface area contributed by atoms with Crippen LogP contribution in [0.5, 0.6) is 0 Å². The quantitative estimate of drug-likeness (QED) is 0.228. The Balaban J connectivity index is 4.16. The van der Waals surface area contributed by atoms with Crippen LogP contribution in [-0.4, -0.2) is 79.3 Å². The SMILES string of the molecule is CCC(CC(O)CC(O)CC(O)CC(O)CC(O)CC(C)O)OC(C)=O. The number of hydrogen-bond acceptors (Lipinski definition) is 8. The second-order valence-electron chi connectivity index (χ2n) is 7.17. The highest BCUT2D eigenvalue weighted by atomic mass is 16.5. The second kappa shape index (κ2) is 13.4. The van der Waals surface area contributed by atoms with Crippen LogP contribution in [0.1, 0.15) is 65.7 Å². The van der Waals surface area contributed by atoms with Crippen molar-refractivity contribution in [3.05, 3.63) is 0 Å². The summed E-state index contributed by atoms with van der Waals surface area (Å²) in [7, 11) is 0. The predicted molar refractivity (Wildman–Crippen MR) is 95.3 cm³/mol. The first-order chi connectivity index (χ1) is 12.0. The first-order valence-corrected chi connectivity index (χ1v) is 9.28. The van der Waals surface area contributed by atoms with Crippen molar-refractivity contribution in [1.29, 1.82) is 0 Å². The summed E-state index contributed by atoms with van der Waals surface area (Å²) >= 11 is 0. The summed E-state index contributed by atoms with van der Waals surface area (Å²) in [5.41, 5.74) is 0. The lowest BCUT2D eigenvalue weighted by atomic mass is 9.96. The molecule has 0 aliphatic rings. The van der Waals surface area contributed by atoms with Crippen LogP contribution in [0.4, 0.5) is 0 Å². The van der Waals surface area contributed by atoms with E-state index in [2.05, 4.69) is 0 Å². The van der Waals surface area contributed by atoms with Gasteiger partial charge in [-0.2, -0.15) is 0 Å². The standard InChI is InChI=1S/C18H36O8/c1-4-18(26-12(3)20)10-17(25)9-16(24)8-15(23)7-14(22)6-13(21)5-11(2)19/h11,13-19,21-25H,4-10H2,1-3H3. The number of ether oxygens (including phenoxy) is 1. The zero-order valence-corrected chi connectivity index (χ0v) is 16.0. The molecule has 26 heavy (non-hydrogen) atoms. The molecule has 0 aromatic heterocycles. The third-order valence-electron chi connectivity index (χ3n) is 4.11. The van der Waals surface area contributed by atoms with Crippen LogP contribution in [0.15, 0.2) is 0 Å². The molecule has 0 spiro atoms. The van der Waals surface area contributed by atoms with Gasteiger partial charge in [-0.15, -0.1) is 0 Å². The largest absolute Gasteiger partial charge is 0.462 e. The molecule has 0 heterocycles. The molecule has 0 radical (unpaired) electrons. The summed E-state index contributed by atoms with van der Waals surface area (Å²) < 4.78 is 5.05. The van der Waals surface area contributed by atoms with E-state index in [1.54, 1.807) is 0 Å². The van der Waals surface area contributed by atoms with Crippen molar-refractivity contribution >= 4 is 5.97 Å². The molecule has 7 unspecified atom stereocenters. The lowest BCUT2D eigenvalue weighted by molar-refractivity contribution is -0.148. The van der Waals surface area contributed by atoms with Crippen molar-refractivity contribution in [3.8, 4) is 0 Å². The van der Waals surface area contributed by atoms with E-state index < -0.39 is 48.7 Å². The van der Waals surface area contributed by atoms with Gasteiger partial charge in [0.1, 0.15) is 6.10 Å². The first kappa shape index (κ1) is 25.2. The number of aliphatic hydroxyl groups is 6. The fourth-order valence-electron chi connectivity index (χ4n) is 2.97. The minimum atomic E-state index is -0.985. The van der Waals surface area contributed by atoms with Crippen molar-refractivity contribution in [2.45, 2.75) is 108 Å². The number of hydrogen-bond donors (Lipinski definition) is 6. The fraction of sp³-hybridized carbons (Fsp3) is 0.944. The molecule has 0 rings (SSSR count). The average Bonchev–Trinajstić information content (AvgIpc) is 2.43. The normalized spacial score (nSPS) is 19.9. The van der Waals surface area contributed by atoms with Crippen molar-refractivity contribution in [2.75, 3.05) is 0 Å². The average molecular weight is 380 g/mol. The van der Waals surface area contributed by atoms with E-state index in [9.17, 15) is 35.4 Å². The van der Waals surface area contributed by atoms with Gasteiger partial charge in [-0.1, -0.05) is 6.92 Å². The van der Waals surface area contributed by atoms with Crippen LogP contribution in [0.2, 0.25) is 0 Å². The Morgan fingerprint density at radius 1 is 0.731 bits per heavy atom. The molecule has 6 N–H and O–H groups in total. The monoisotopic (exact) mass is 380 g/mol. The molecule has 0 aliphatic heterocycles. The second-order valence-corrected chi connectivity index (χ2v) is 7.17. The Morgan fingerprint density at radius 3 is 1.38 bits per heavy atom. The molecular weight excluding hydrogens is 344 g/mol. The molecule has 0 bridgehead atoms. The first-order valence-electron chi connectivity index (χ1n) is 9.28. The Labute approximate surface area is 155 Å². The lowest BCUT2D eigenvalue weighted by Gasteiger charge is -2.23. The van der Waals surface area contributed by atoms with Gasteiger partial charge < -0.3 is 35.4 Å².